The molecule has 108 valence electrons. The van der Waals surface area contributed by atoms with E-state index in [4.69, 9.17) is 5.73 Å². The van der Waals surface area contributed by atoms with Crippen LogP contribution in [-0.2, 0) is 0 Å². The van der Waals surface area contributed by atoms with Gasteiger partial charge in [0.05, 0.1) is 0 Å². The van der Waals surface area contributed by atoms with Crippen molar-refractivity contribution in [2.45, 2.75) is 63.9 Å². The second-order valence-corrected chi connectivity index (χ2v) is 7.71. The maximum atomic E-state index is 12.1. The molecule has 0 aromatic heterocycles. The summed E-state index contributed by atoms with van der Waals surface area (Å²) in [5, 5.41) is 0. The van der Waals surface area contributed by atoms with Crippen LogP contribution < -0.4 is 5.73 Å². The molecule has 1 aliphatic carbocycles. The molecule has 0 aromatic rings. The molecule has 1 fully saturated rings. The van der Waals surface area contributed by atoms with Crippen LogP contribution >= 0.6 is 11.8 Å². The van der Waals surface area contributed by atoms with Gasteiger partial charge in [0, 0.05) is 11.3 Å². The summed E-state index contributed by atoms with van der Waals surface area (Å²) in [7, 11) is 0. The molecule has 18 heavy (non-hydrogen) atoms. The molecule has 1 saturated carbocycles. The standard InChI is InChI=1S/C13H24F3NS/c1-11(2,3)10-4-6-12(17,7-5-10)8-9-18-13(14,15)16/h10H,4-9,17H2,1-3H3. The SMILES string of the molecule is CC(C)(C)C1CCC(N)(CCSC(F)(F)F)CC1. The Hall–Kier alpha value is 0.100. The highest BCUT2D eigenvalue weighted by Crippen LogP contribution is 2.42. The molecular formula is C13H24F3NS. The van der Waals surface area contributed by atoms with Crippen LogP contribution in [-0.4, -0.2) is 16.8 Å². The van der Waals surface area contributed by atoms with Gasteiger partial charge in [0.15, 0.2) is 0 Å². The fraction of sp³-hybridized carbons (Fsp3) is 1.00. The van der Waals surface area contributed by atoms with Crippen LogP contribution in [0.15, 0.2) is 0 Å². The summed E-state index contributed by atoms with van der Waals surface area (Å²) >= 11 is 0.0521. The van der Waals surface area contributed by atoms with Gasteiger partial charge < -0.3 is 5.73 Å². The smallest absolute Gasteiger partial charge is 0.325 e. The van der Waals surface area contributed by atoms with Crippen molar-refractivity contribution in [3.63, 3.8) is 0 Å². The van der Waals surface area contributed by atoms with E-state index in [1.54, 1.807) is 0 Å². The molecule has 0 atom stereocenters. The van der Waals surface area contributed by atoms with Gasteiger partial charge in [-0.15, -0.1) is 0 Å². The Kier molecular flexibility index (Phi) is 5.04. The van der Waals surface area contributed by atoms with E-state index in [0.29, 0.717) is 12.3 Å². The molecule has 2 N–H and O–H groups in total. The Morgan fingerprint density at radius 2 is 1.67 bits per heavy atom. The first-order chi connectivity index (χ1) is 8.02. The van der Waals surface area contributed by atoms with Crippen LogP contribution in [0, 0.1) is 11.3 Å². The molecule has 0 radical (unpaired) electrons. The highest BCUT2D eigenvalue weighted by atomic mass is 32.2. The van der Waals surface area contributed by atoms with Crippen LogP contribution in [0.3, 0.4) is 0 Å². The second-order valence-electron chi connectivity index (χ2n) is 6.55. The Morgan fingerprint density at radius 3 is 2.06 bits per heavy atom. The Balaban J connectivity index is 2.36. The maximum Gasteiger partial charge on any atom is 0.441 e. The summed E-state index contributed by atoms with van der Waals surface area (Å²) < 4.78 is 36.2. The maximum absolute atomic E-state index is 12.1. The van der Waals surface area contributed by atoms with Crippen LogP contribution in [0.5, 0.6) is 0 Å². The minimum absolute atomic E-state index is 0.0521. The fourth-order valence-electron chi connectivity index (χ4n) is 2.68. The van der Waals surface area contributed by atoms with E-state index in [0.717, 1.165) is 25.7 Å². The molecule has 0 bridgehead atoms. The van der Waals surface area contributed by atoms with Crippen molar-refractivity contribution in [3.8, 4) is 0 Å². The third-order valence-electron chi connectivity index (χ3n) is 4.07. The third-order valence-corrected chi connectivity index (χ3v) is 4.81. The predicted molar refractivity (Wildman–Crippen MR) is 71.5 cm³/mol. The molecular weight excluding hydrogens is 259 g/mol. The molecule has 1 nitrogen and oxygen atoms in total. The van der Waals surface area contributed by atoms with Crippen molar-refractivity contribution in [1.29, 1.82) is 0 Å². The Bertz CT molecular complexity index is 257. The minimum atomic E-state index is -4.13. The molecule has 0 spiro atoms. The molecule has 0 aliphatic heterocycles. The third kappa shape index (κ3) is 5.39. The summed E-state index contributed by atoms with van der Waals surface area (Å²) in [6, 6.07) is 0. The summed E-state index contributed by atoms with van der Waals surface area (Å²) in [5.41, 5.74) is 1.99. The lowest BCUT2D eigenvalue weighted by atomic mass is 9.67. The van der Waals surface area contributed by atoms with Gasteiger partial charge in [-0.3, -0.25) is 0 Å². The number of thioether (sulfide) groups is 1. The number of hydrogen-bond donors (Lipinski definition) is 1. The van der Waals surface area contributed by atoms with Gasteiger partial charge in [-0.25, -0.2) is 0 Å². The summed E-state index contributed by atoms with van der Waals surface area (Å²) in [5.74, 6) is 0.727. The average molecular weight is 283 g/mol. The van der Waals surface area contributed by atoms with Crippen molar-refractivity contribution < 1.29 is 13.2 Å². The summed E-state index contributed by atoms with van der Waals surface area (Å²) in [6.45, 7) is 6.67. The molecule has 1 aliphatic rings. The second kappa shape index (κ2) is 5.61. The first-order valence-electron chi connectivity index (χ1n) is 6.51. The van der Waals surface area contributed by atoms with E-state index in [2.05, 4.69) is 20.8 Å². The van der Waals surface area contributed by atoms with Crippen molar-refractivity contribution in [2.24, 2.45) is 17.1 Å². The lowest BCUT2D eigenvalue weighted by Crippen LogP contribution is -2.45. The average Bonchev–Trinajstić information content (AvgIpc) is 2.14. The molecule has 0 unspecified atom stereocenters. The van der Waals surface area contributed by atoms with Crippen molar-refractivity contribution in [2.75, 3.05) is 5.75 Å². The Morgan fingerprint density at radius 1 is 1.17 bits per heavy atom. The highest BCUT2D eigenvalue weighted by molar-refractivity contribution is 8.00. The zero-order valence-corrected chi connectivity index (χ0v) is 12.3. The number of rotatable bonds is 3. The first kappa shape index (κ1) is 16.2. The summed E-state index contributed by atoms with van der Waals surface area (Å²) in [4.78, 5) is 0. The van der Waals surface area contributed by atoms with Gasteiger partial charge in [0.1, 0.15) is 0 Å². The lowest BCUT2D eigenvalue weighted by molar-refractivity contribution is -0.0328. The number of hydrogen-bond acceptors (Lipinski definition) is 2. The van der Waals surface area contributed by atoms with Gasteiger partial charge in [-0.1, -0.05) is 32.5 Å². The van der Waals surface area contributed by atoms with Crippen LogP contribution in [0.1, 0.15) is 52.9 Å². The van der Waals surface area contributed by atoms with Gasteiger partial charge in [0.25, 0.3) is 0 Å². The van der Waals surface area contributed by atoms with E-state index in [1.165, 1.54) is 0 Å². The van der Waals surface area contributed by atoms with Crippen LogP contribution in [0.4, 0.5) is 13.2 Å². The number of nitrogens with two attached hydrogens (primary N) is 1. The van der Waals surface area contributed by atoms with E-state index in [-0.39, 0.29) is 28.5 Å². The van der Waals surface area contributed by atoms with Crippen molar-refractivity contribution in [3.05, 3.63) is 0 Å². The van der Waals surface area contributed by atoms with E-state index < -0.39 is 5.51 Å². The van der Waals surface area contributed by atoms with Gasteiger partial charge in [-0.2, -0.15) is 13.2 Å². The monoisotopic (exact) mass is 283 g/mol. The van der Waals surface area contributed by atoms with Gasteiger partial charge >= 0.3 is 5.51 Å². The lowest BCUT2D eigenvalue weighted by Gasteiger charge is -2.42. The minimum Gasteiger partial charge on any atom is -0.325 e. The quantitative estimate of drug-likeness (QED) is 0.821. The Labute approximate surface area is 112 Å². The normalized spacial score (nSPS) is 30.5. The van der Waals surface area contributed by atoms with E-state index >= 15 is 0 Å². The van der Waals surface area contributed by atoms with E-state index in [9.17, 15) is 13.2 Å². The van der Waals surface area contributed by atoms with Gasteiger partial charge in [0.2, 0.25) is 0 Å². The molecule has 0 heterocycles. The number of alkyl halides is 3. The molecule has 0 amide bonds. The fourth-order valence-corrected chi connectivity index (χ4v) is 3.42. The number of halogens is 3. The van der Waals surface area contributed by atoms with Crippen LogP contribution in [0.2, 0.25) is 0 Å². The van der Waals surface area contributed by atoms with Crippen molar-refractivity contribution >= 4 is 11.8 Å². The van der Waals surface area contributed by atoms with Crippen LogP contribution in [0.25, 0.3) is 0 Å². The molecule has 0 aromatic carbocycles. The highest BCUT2D eigenvalue weighted by Gasteiger charge is 2.37. The predicted octanol–water partition coefficient (Wildman–Crippen LogP) is 4.56. The first-order valence-corrected chi connectivity index (χ1v) is 7.50. The zero-order valence-electron chi connectivity index (χ0n) is 11.4. The summed E-state index contributed by atoms with van der Waals surface area (Å²) in [6.07, 6.45) is 4.25. The zero-order chi connectivity index (χ0) is 14.0. The van der Waals surface area contributed by atoms with E-state index in [1.807, 2.05) is 0 Å². The largest absolute Gasteiger partial charge is 0.441 e. The molecule has 5 heteroatoms. The van der Waals surface area contributed by atoms with Crippen molar-refractivity contribution in [1.82, 2.24) is 0 Å². The van der Waals surface area contributed by atoms with Gasteiger partial charge in [-0.05, 0) is 43.4 Å². The topological polar surface area (TPSA) is 26.0 Å². The molecule has 1 rings (SSSR count). The molecule has 0 saturated heterocycles.